The van der Waals surface area contributed by atoms with Gasteiger partial charge >= 0.3 is 13.8 Å². The topological polar surface area (TPSA) is 111 Å². The Morgan fingerprint density at radius 1 is 0.486 bits per heavy atom. The molecule has 0 spiro atoms. The fourth-order valence-corrected chi connectivity index (χ4v) is 9.77. The average molecular weight is 1040 g/mol. The van der Waals surface area contributed by atoms with Crippen LogP contribution in [0.5, 0.6) is 0 Å². The number of hydrogen-bond donors (Lipinski definition) is 2. The van der Waals surface area contributed by atoms with Crippen molar-refractivity contribution in [3.05, 3.63) is 36.5 Å². The number of hydrogen-bond acceptors (Lipinski definition) is 6. The molecular weight excluding hydrogens is 916 g/mol. The van der Waals surface area contributed by atoms with E-state index in [0.29, 0.717) is 23.9 Å². The summed E-state index contributed by atoms with van der Waals surface area (Å²) in [6, 6.07) is -0.843. The Morgan fingerprint density at radius 2 is 0.847 bits per heavy atom. The van der Waals surface area contributed by atoms with Crippen LogP contribution in [0.3, 0.4) is 0 Å². The number of phosphoric acid groups is 1. The van der Waals surface area contributed by atoms with E-state index >= 15 is 0 Å². The summed E-state index contributed by atoms with van der Waals surface area (Å²) in [5.41, 5.74) is 0. The number of carbonyl (C=O) groups excluding carboxylic acids is 2. The van der Waals surface area contributed by atoms with Crippen LogP contribution in [0.2, 0.25) is 0 Å². The quantitative estimate of drug-likeness (QED) is 0.0205. The number of quaternary nitrogens is 1. The zero-order valence-electron chi connectivity index (χ0n) is 48.4. The van der Waals surface area contributed by atoms with E-state index in [1.807, 2.05) is 33.3 Å². The lowest BCUT2D eigenvalue weighted by Gasteiger charge is -2.27. The van der Waals surface area contributed by atoms with Gasteiger partial charge in [0, 0.05) is 12.8 Å². The molecule has 0 aliphatic carbocycles. The summed E-state index contributed by atoms with van der Waals surface area (Å²) >= 11 is 0. The molecule has 0 aromatic rings. The standard InChI is InChI=1S/C62H119N2O7P/c1-7-10-13-16-19-22-25-27-29-30-31-32-33-34-35-37-40-43-46-49-52-55-62(66)71-60(53-50-47-44-41-38-24-21-18-15-12-9-3)59(58-70-72(67,68)69-57-56-64(4,5)6)63-61(65)54-51-48-45-42-39-36-28-26-23-20-17-14-11-8-2/h19,22,27,29,50,53,59-60H,7-18,20-21,23-26,28,30-49,51-52,54-58H2,1-6H3,(H-,63,65,67,68)/p+1/b22-19-,29-27-,53-50+. The number of amides is 1. The number of carbonyl (C=O) groups is 2. The van der Waals surface area contributed by atoms with Crippen molar-refractivity contribution in [2.75, 3.05) is 40.9 Å². The molecule has 0 saturated heterocycles. The Morgan fingerprint density at radius 3 is 1.28 bits per heavy atom. The van der Waals surface area contributed by atoms with Crippen LogP contribution in [-0.2, 0) is 27.9 Å². The number of esters is 1. The minimum absolute atomic E-state index is 0.0424. The van der Waals surface area contributed by atoms with Gasteiger partial charge in [0.1, 0.15) is 19.3 Å². The van der Waals surface area contributed by atoms with Crippen molar-refractivity contribution in [3.8, 4) is 0 Å². The van der Waals surface area contributed by atoms with Crippen molar-refractivity contribution in [1.82, 2.24) is 5.32 Å². The summed E-state index contributed by atoms with van der Waals surface area (Å²) in [5.74, 6) is -0.495. The van der Waals surface area contributed by atoms with Crippen LogP contribution in [-0.4, -0.2) is 74.3 Å². The van der Waals surface area contributed by atoms with Crippen molar-refractivity contribution in [2.24, 2.45) is 0 Å². The lowest BCUT2D eigenvalue weighted by Crippen LogP contribution is -2.47. The summed E-state index contributed by atoms with van der Waals surface area (Å²) in [5, 5.41) is 3.06. The third-order valence-electron chi connectivity index (χ3n) is 13.8. The number of nitrogens with zero attached hydrogens (tertiary/aromatic N) is 1. The highest BCUT2D eigenvalue weighted by molar-refractivity contribution is 7.47. The largest absolute Gasteiger partial charge is 0.472 e. The second kappa shape index (κ2) is 52.7. The van der Waals surface area contributed by atoms with Crippen LogP contribution in [0.4, 0.5) is 0 Å². The Balaban J connectivity index is 5.17. The van der Waals surface area contributed by atoms with E-state index in [9.17, 15) is 19.0 Å². The highest BCUT2D eigenvalue weighted by Gasteiger charge is 2.30. The summed E-state index contributed by atoms with van der Waals surface area (Å²) in [6.45, 7) is 7.01. The zero-order valence-corrected chi connectivity index (χ0v) is 49.3. The van der Waals surface area contributed by atoms with Gasteiger partial charge in [-0.1, -0.05) is 257 Å². The maximum Gasteiger partial charge on any atom is 0.472 e. The maximum atomic E-state index is 13.5. The second-order valence-corrected chi connectivity index (χ2v) is 23.7. The van der Waals surface area contributed by atoms with Crippen LogP contribution >= 0.6 is 7.82 Å². The highest BCUT2D eigenvalue weighted by Crippen LogP contribution is 2.43. The fraction of sp³-hybridized carbons (Fsp3) is 0.871. The average Bonchev–Trinajstić information content (AvgIpc) is 3.34. The van der Waals surface area contributed by atoms with E-state index in [1.54, 1.807) is 0 Å². The molecule has 0 aromatic heterocycles. The van der Waals surface area contributed by atoms with Crippen LogP contribution in [0.25, 0.3) is 0 Å². The van der Waals surface area contributed by atoms with Gasteiger partial charge in [0.05, 0.1) is 33.8 Å². The Labute approximate surface area is 446 Å². The Bertz CT molecular complexity index is 1330. The molecule has 0 bridgehead atoms. The molecule has 9 nitrogen and oxygen atoms in total. The fourth-order valence-electron chi connectivity index (χ4n) is 9.03. The summed E-state index contributed by atoms with van der Waals surface area (Å²) in [7, 11) is 1.51. The molecule has 0 rings (SSSR count). The number of likely N-dealkylation sites (N-methyl/N-ethyl adjacent to an activating group) is 1. The third kappa shape index (κ3) is 53.1. The third-order valence-corrected chi connectivity index (χ3v) is 14.8. The van der Waals surface area contributed by atoms with Crippen molar-refractivity contribution in [2.45, 2.75) is 309 Å². The van der Waals surface area contributed by atoms with Crippen molar-refractivity contribution >= 4 is 19.7 Å². The lowest BCUT2D eigenvalue weighted by molar-refractivity contribution is -0.870. The van der Waals surface area contributed by atoms with E-state index in [-0.39, 0.29) is 25.1 Å². The SMILES string of the molecule is CCCCC/C=C\C/C=C\CCCCCCCCCCCCCC(=O)OC(/C=C/CCCCCCCCCCC)C(COP(=O)(O)OCC[N+](C)(C)C)NC(=O)CCCCCCCCCCCCCCCC. The maximum absolute atomic E-state index is 13.5. The van der Waals surface area contributed by atoms with E-state index in [2.05, 4.69) is 50.4 Å². The predicted octanol–water partition coefficient (Wildman–Crippen LogP) is 18.7. The molecule has 0 fully saturated rings. The molecular formula is C62H120N2O7P+. The molecule has 0 aliphatic rings. The van der Waals surface area contributed by atoms with E-state index in [1.165, 1.54) is 199 Å². The van der Waals surface area contributed by atoms with Gasteiger partial charge in [-0.2, -0.15) is 0 Å². The first-order valence-corrected chi connectivity index (χ1v) is 32.3. The van der Waals surface area contributed by atoms with Crippen molar-refractivity contribution < 1.29 is 37.3 Å². The van der Waals surface area contributed by atoms with Gasteiger partial charge in [0.2, 0.25) is 5.91 Å². The van der Waals surface area contributed by atoms with Gasteiger partial charge < -0.3 is 19.4 Å². The Kier molecular flexibility index (Phi) is 51.4. The minimum atomic E-state index is -4.44. The van der Waals surface area contributed by atoms with Crippen LogP contribution in [0.15, 0.2) is 36.5 Å². The van der Waals surface area contributed by atoms with E-state index < -0.39 is 20.0 Å². The molecule has 10 heteroatoms. The minimum Gasteiger partial charge on any atom is -0.456 e. The number of nitrogens with one attached hydrogen (secondary N) is 1. The van der Waals surface area contributed by atoms with Gasteiger partial charge in [-0.3, -0.25) is 18.6 Å². The molecule has 3 atom stereocenters. The van der Waals surface area contributed by atoms with Crippen molar-refractivity contribution in [1.29, 1.82) is 0 Å². The first kappa shape index (κ1) is 70.2. The van der Waals surface area contributed by atoms with Crippen molar-refractivity contribution in [3.63, 3.8) is 0 Å². The predicted molar refractivity (Wildman–Crippen MR) is 309 cm³/mol. The molecule has 3 unspecified atom stereocenters. The summed E-state index contributed by atoms with van der Waals surface area (Å²) in [6.07, 6.45) is 62.8. The molecule has 0 heterocycles. The first-order chi connectivity index (χ1) is 34.9. The molecule has 424 valence electrons. The van der Waals surface area contributed by atoms with Crippen LogP contribution in [0, 0.1) is 0 Å². The Hall–Kier alpha value is -1.77. The molecule has 0 aliphatic heterocycles. The first-order valence-electron chi connectivity index (χ1n) is 30.8. The van der Waals surface area contributed by atoms with Gasteiger partial charge in [0.25, 0.3) is 0 Å². The van der Waals surface area contributed by atoms with Gasteiger partial charge in [-0.05, 0) is 63.9 Å². The van der Waals surface area contributed by atoms with E-state index in [0.717, 1.165) is 64.2 Å². The molecule has 0 saturated carbocycles. The smallest absolute Gasteiger partial charge is 0.456 e. The number of phosphoric ester groups is 1. The molecule has 2 N–H and O–H groups in total. The van der Waals surface area contributed by atoms with Gasteiger partial charge in [-0.25, -0.2) is 4.57 Å². The normalized spacial score (nSPS) is 13.9. The van der Waals surface area contributed by atoms with Gasteiger partial charge in [0.15, 0.2) is 0 Å². The number of rotatable bonds is 56. The lowest BCUT2D eigenvalue weighted by atomic mass is 10.0. The molecule has 0 aromatic carbocycles. The summed E-state index contributed by atoms with van der Waals surface area (Å²) < 4.78 is 30.7. The monoisotopic (exact) mass is 1040 g/mol. The van der Waals surface area contributed by atoms with Crippen LogP contribution < -0.4 is 5.32 Å². The van der Waals surface area contributed by atoms with Gasteiger partial charge in [-0.15, -0.1) is 0 Å². The number of ether oxygens (including phenoxy) is 1. The number of allylic oxidation sites excluding steroid dienone is 5. The molecule has 1 amide bonds. The second-order valence-electron chi connectivity index (χ2n) is 22.2. The molecule has 0 radical (unpaired) electrons. The highest BCUT2D eigenvalue weighted by atomic mass is 31.2. The summed E-state index contributed by atoms with van der Waals surface area (Å²) in [4.78, 5) is 37.6. The zero-order chi connectivity index (χ0) is 52.9. The van der Waals surface area contributed by atoms with Crippen LogP contribution in [0.1, 0.15) is 297 Å². The number of unbranched alkanes of at least 4 members (excludes halogenated alkanes) is 36. The molecule has 72 heavy (non-hydrogen) atoms. The van der Waals surface area contributed by atoms with E-state index in [4.69, 9.17) is 13.8 Å².